The summed E-state index contributed by atoms with van der Waals surface area (Å²) in [6, 6.07) is 7.42. The Balaban J connectivity index is 1.31. The lowest BCUT2D eigenvalue weighted by atomic mass is 9.79. The zero-order chi connectivity index (χ0) is 17.7. The zero-order valence-electron chi connectivity index (χ0n) is 15.3. The van der Waals surface area contributed by atoms with Crippen LogP contribution in [0.5, 0.6) is 0 Å². The van der Waals surface area contributed by atoms with Crippen molar-refractivity contribution >= 4 is 27.6 Å². The third-order valence-corrected chi connectivity index (χ3v) is 7.60. The van der Waals surface area contributed by atoms with Gasteiger partial charge in [-0.15, -0.1) is 11.3 Å². The molecule has 2 aliphatic heterocycles. The van der Waals surface area contributed by atoms with Crippen molar-refractivity contribution in [2.45, 2.75) is 50.1 Å². The Bertz CT molecular complexity index is 822. The van der Waals surface area contributed by atoms with Gasteiger partial charge in [0.1, 0.15) is 0 Å². The maximum atomic E-state index is 11.7. The van der Waals surface area contributed by atoms with E-state index >= 15 is 0 Å². The molecule has 138 valence electrons. The molecule has 0 spiro atoms. The number of benzene rings is 1. The molecule has 6 heteroatoms. The first-order valence-corrected chi connectivity index (χ1v) is 10.7. The maximum Gasteiger partial charge on any atom is 0.317 e. The summed E-state index contributed by atoms with van der Waals surface area (Å²) in [5.74, 6) is 0.639. The molecule has 0 bridgehead atoms. The topological polar surface area (TPSA) is 48.5 Å². The van der Waals surface area contributed by atoms with Crippen molar-refractivity contribution in [3.05, 3.63) is 28.8 Å². The second kappa shape index (κ2) is 6.50. The first-order valence-electron chi connectivity index (χ1n) is 9.84. The van der Waals surface area contributed by atoms with Crippen LogP contribution in [0.1, 0.15) is 54.6 Å². The van der Waals surface area contributed by atoms with Crippen molar-refractivity contribution < 1.29 is 4.79 Å². The lowest BCUT2D eigenvalue weighted by Crippen LogP contribution is -2.46. The van der Waals surface area contributed by atoms with Gasteiger partial charge in [0.25, 0.3) is 0 Å². The molecule has 3 fully saturated rings. The summed E-state index contributed by atoms with van der Waals surface area (Å²) in [6.07, 6.45) is 6.70. The number of urea groups is 1. The molecule has 26 heavy (non-hydrogen) atoms. The van der Waals surface area contributed by atoms with Crippen molar-refractivity contribution in [2.24, 2.45) is 0 Å². The SMILES string of the molecule is CN1C(=O)NCC1c1ccc2nc([C@H]3C[C@H](N4CCCCC4)C3)sc2c1. The molecule has 1 saturated carbocycles. The Labute approximate surface area is 158 Å². The molecule has 2 aromatic rings. The number of nitrogens with one attached hydrogen (secondary N) is 1. The lowest BCUT2D eigenvalue weighted by Gasteiger charge is -2.43. The Morgan fingerprint density at radius 1 is 1.19 bits per heavy atom. The molecule has 1 N–H and O–H groups in total. The molecule has 5 rings (SSSR count). The summed E-state index contributed by atoms with van der Waals surface area (Å²) >= 11 is 1.85. The highest BCUT2D eigenvalue weighted by Gasteiger charge is 2.36. The van der Waals surface area contributed by atoms with E-state index in [2.05, 4.69) is 28.4 Å². The lowest BCUT2D eigenvalue weighted by molar-refractivity contribution is 0.0888. The van der Waals surface area contributed by atoms with Crippen LogP contribution in [0.25, 0.3) is 10.2 Å². The van der Waals surface area contributed by atoms with Gasteiger partial charge in [-0.1, -0.05) is 12.5 Å². The van der Waals surface area contributed by atoms with E-state index in [1.165, 1.54) is 60.5 Å². The van der Waals surface area contributed by atoms with Gasteiger partial charge >= 0.3 is 6.03 Å². The Morgan fingerprint density at radius 2 is 2.00 bits per heavy atom. The van der Waals surface area contributed by atoms with Gasteiger partial charge in [0.05, 0.1) is 21.3 Å². The number of carbonyl (C=O) groups excluding carboxylic acids is 1. The average Bonchev–Trinajstić information content (AvgIpc) is 3.18. The van der Waals surface area contributed by atoms with Crippen LogP contribution in [0.15, 0.2) is 18.2 Å². The highest BCUT2D eigenvalue weighted by Crippen LogP contribution is 2.43. The van der Waals surface area contributed by atoms with Gasteiger partial charge in [-0.05, 0) is 56.5 Å². The Hall–Kier alpha value is -1.66. The van der Waals surface area contributed by atoms with Gasteiger partial charge in [0.2, 0.25) is 0 Å². The average molecular weight is 371 g/mol. The summed E-state index contributed by atoms with van der Waals surface area (Å²) in [6.45, 7) is 3.27. The van der Waals surface area contributed by atoms with Crippen molar-refractivity contribution in [3.8, 4) is 0 Å². The number of carbonyl (C=O) groups is 1. The van der Waals surface area contributed by atoms with Crippen molar-refractivity contribution in [3.63, 3.8) is 0 Å². The fourth-order valence-corrected chi connectivity index (χ4v) is 5.78. The van der Waals surface area contributed by atoms with E-state index in [4.69, 9.17) is 4.98 Å². The number of thiazole rings is 1. The summed E-state index contributed by atoms with van der Waals surface area (Å²) in [7, 11) is 1.87. The van der Waals surface area contributed by atoms with Crippen LogP contribution < -0.4 is 5.32 Å². The molecule has 1 atom stereocenters. The molecule has 1 aromatic heterocycles. The van der Waals surface area contributed by atoms with Crippen LogP contribution in [0.3, 0.4) is 0 Å². The molecule has 1 unspecified atom stereocenters. The molecule has 1 aliphatic carbocycles. The standard InChI is InChI=1S/C20H26N4OS/c1-23-17(12-21-20(23)25)13-5-6-16-18(11-13)26-19(22-16)14-9-15(10-14)24-7-3-2-4-8-24/h5-6,11,14-15,17H,2-4,7-10,12H2,1H3,(H,21,25)/t14-,15-,17?. The molecular weight excluding hydrogens is 344 g/mol. The fraction of sp³-hybridized carbons (Fsp3) is 0.600. The molecule has 0 radical (unpaired) electrons. The smallest absolute Gasteiger partial charge is 0.317 e. The van der Waals surface area contributed by atoms with E-state index in [0.717, 1.165) is 11.6 Å². The predicted molar refractivity (Wildman–Crippen MR) is 105 cm³/mol. The molecule has 3 aliphatic rings. The number of nitrogens with zero attached hydrogens (tertiary/aromatic N) is 3. The Kier molecular flexibility index (Phi) is 4.13. The van der Waals surface area contributed by atoms with Gasteiger partial charge < -0.3 is 15.1 Å². The number of hydrogen-bond acceptors (Lipinski definition) is 4. The van der Waals surface area contributed by atoms with Gasteiger partial charge in [-0.3, -0.25) is 0 Å². The van der Waals surface area contributed by atoms with Crippen LogP contribution in [0.4, 0.5) is 4.79 Å². The number of piperidine rings is 1. The highest BCUT2D eigenvalue weighted by atomic mass is 32.1. The van der Waals surface area contributed by atoms with Crippen molar-refractivity contribution in [1.29, 1.82) is 0 Å². The number of rotatable bonds is 3. The minimum atomic E-state index is 0.0123. The van der Waals surface area contributed by atoms with E-state index in [9.17, 15) is 4.79 Å². The normalized spacial score (nSPS) is 29.8. The first kappa shape index (κ1) is 16.5. The van der Waals surface area contributed by atoms with E-state index in [1.807, 2.05) is 18.4 Å². The first-order chi connectivity index (χ1) is 12.7. The zero-order valence-corrected chi connectivity index (χ0v) is 16.1. The second-order valence-electron chi connectivity index (χ2n) is 8.01. The molecule has 2 saturated heterocycles. The molecule has 2 amide bonds. The number of amides is 2. The quantitative estimate of drug-likeness (QED) is 0.896. The third-order valence-electron chi connectivity index (χ3n) is 6.42. The predicted octanol–water partition coefficient (Wildman–Crippen LogP) is 3.72. The number of likely N-dealkylation sites (N-methyl/N-ethyl adjacent to an activating group) is 1. The van der Waals surface area contributed by atoms with Crippen LogP contribution in [0, 0.1) is 0 Å². The van der Waals surface area contributed by atoms with E-state index in [-0.39, 0.29) is 12.1 Å². The molecule has 1 aromatic carbocycles. The van der Waals surface area contributed by atoms with Gasteiger partial charge in [-0.25, -0.2) is 9.78 Å². The minimum Gasteiger partial charge on any atom is -0.336 e. The number of fused-ring (bicyclic) bond motifs is 1. The van der Waals surface area contributed by atoms with E-state index < -0.39 is 0 Å². The van der Waals surface area contributed by atoms with E-state index in [1.54, 1.807) is 4.90 Å². The molecule has 5 nitrogen and oxygen atoms in total. The Morgan fingerprint density at radius 3 is 2.73 bits per heavy atom. The second-order valence-corrected chi connectivity index (χ2v) is 9.07. The summed E-state index contributed by atoms with van der Waals surface area (Å²) in [5.41, 5.74) is 2.31. The van der Waals surface area contributed by atoms with Gasteiger partial charge in [0, 0.05) is 25.6 Å². The fourth-order valence-electron chi connectivity index (χ4n) is 4.64. The summed E-state index contributed by atoms with van der Waals surface area (Å²) in [5, 5.41) is 4.22. The summed E-state index contributed by atoms with van der Waals surface area (Å²) in [4.78, 5) is 21.1. The van der Waals surface area contributed by atoms with Crippen LogP contribution in [0.2, 0.25) is 0 Å². The van der Waals surface area contributed by atoms with Crippen molar-refractivity contribution in [2.75, 3.05) is 26.7 Å². The van der Waals surface area contributed by atoms with Gasteiger partial charge in [-0.2, -0.15) is 0 Å². The number of aromatic nitrogens is 1. The monoisotopic (exact) mass is 370 g/mol. The maximum absolute atomic E-state index is 11.7. The molecule has 3 heterocycles. The van der Waals surface area contributed by atoms with Crippen molar-refractivity contribution in [1.82, 2.24) is 20.1 Å². The number of likely N-dealkylation sites (tertiary alicyclic amines) is 1. The summed E-state index contributed by atoms with van der Waals surface area (Å²) < 4.78 is 1.26. The largest absolute Gasteiger partial charge is 0.336 e. The highest BCUT2D eigenvalue weighted by molar-refractivity contribution is 7.18. The van der Waals surface area contributed by atoms with Gasteiger partial charge in [0.15, 0.2) is 0 Å². The molecular formula is C20H26N4OS. The van der Waals surface area contributed by atoms with Crippen LogP contribution >= 0.6 is 11.3 Å². The van der Waals surface area contributed by atoms with Crippen LogP contribution in [-0.4, -0.2) is 53.5 Å². The van der Waals surface area contributed by atoms with Crippen LogP contribution in [-0.2, 0) is 0 Å². The number of hydrogen-bond donors (Lipinski definition) is 1. The van der Waals surface area contributed by atoms with E-state index in [0.29, 0.717) is 12.5 Å². The minimum absolute atomic E-state index is 0.0123. The third kappa shape index (κ3) is 2.79.